The minimum Gasteiger partial charge on any atom is -0.473 e. The fourth-order valence-corrected chi connectivity index (χ4v) is 2.89. The summed E-state index contributed by atoms with van der Waals surface area (Å²) in [5, 5.41) is 6.22. The molecule has 0 radical (unpaired) electrons. The van der Waals surface area contributed by atoms with E-state index in [4.69, 9.17) is 4.74 Å². The van der Waals surface area contributed by atoms with Crippen molar-refractivity contribution in [2.24, 2.45) is 0 Å². The summed E-state index contributed by atoms with van der Waals surface area (Å²) in [5.74, 6) is 0.575. The van der Waals surface area contributed by atoms with Crippen LogP contribution >= 0.6 is 0 Å². The molecule has 0 fully saturated rings. The average Bonchev–Trinajstić information content (AvgIpc) is 2.88. The Morgan fingerprint density at radius 1 is 1.25 bits per heavy atom. The number of hydrogen-bond donors (Lipinski definition) is 2. The predicted octanol–water partition coefficient (Wildman–Crippen LogP) is 3.96. The van der Waals surface area contributed by atoms with Crippen molar-refractivity contribution in [2.75, 3.05) is 0 Å². The van der Waals surface area contributed by atoms with Gasteiger partial charge in [-0.1, -0.05) is 48.6 Å². The minimum atomic E-state index is 0.00293. The van der Waals surface area contributed by atoms with Gasteiger partial charge >= 0.3 is 0 Å². The molecule has 1 amide bonds. The van der Waals surface area contributed by atoms with E-state index >= 15 is 0 Å². The number of rotatable bonds is 6. The number of nitrogens with zero attached hydrogens (tertiary/aromatic N) is 1. The SMILES string of the molecule is C/C=C\C=C(/C1=CNC(=O)C[C@@H](C)N1)c1ccc(OCc2ccccc2)nc1. The maximum Gasteiger partial charge on any atom is 0.226 e. The first kappa shape index (κ1) is 19.4. The number of carbonyl (C=O) groups excluding carboxylic acids is 1. The fourth-order valence-electron chi connectivity index (χ4n) is 2.89. The van der Waals surface area contributed by atoms with E-state index in [0.29, 0.717) is 18.9 Å². The third kappa shape index (κ3) is 5.33. The van der Waals surface area contributed by atoms with Crippen molar-refractivity contribution in [1.29, 1.82) is 0 Å². The summed E-state index contributed by atoms with van der Waals surface area (Å²) < 4.78 is 5.77. The van der Waals surface area contributed by atoms with Crippen LogP contribution in [-0.2, 0) is 11.4 Å². The summed E-state index contributed by atoms with van der Waals surface area (Å²) in [7, 11) is 0. The molecule has 28 heavy (non-hydrogen) atoms. The molecule has 144 valence electrons. The van der Waals surface area contributed by atoms with Crippen molar-refractivity contribution >= 4 is 11.5 Å². The summed E-state index contributed by atoms with van der Waals surface area (Å²) in [6.45, 7) is 4.43. The van der Waals surface area contributed by atoms with E-state index in [9.17, 15) is 4.79 Å². The molecule has 1 aromatic carbocycles. The van der Waals surface area contributed by atoms with Crippen LogP contribution in [0.5, 0.6) is 5.88 Å². The number of nitrogens with one attached hydrogen (secondary N) is 2. The molecule has 0 saturated heterocycles. The van der Waals surface area contributed by atoms with E-state index in [1.165, 1.54) is 0 Å². The highest BCUT2D eigenvalue weighted by atomic mass is 16.5. The molecular weight excluding hydrogens is 350 g/mol. The van der Waals surface area contributed by atoms with Gasteiger partial charge in [0.2, 0.25) is 11.8 Å². The van der Waals surface area contributed by atoms with E-state index in [0.717, 1.165) is 22.4 Å². The Morgan fingerprint density at radius 3 is 2.79 bits per heavy atom. The largest absolute Gasteiger partial charge is 0.473 e. The van der Waals surface area contributed by atoms with Crippen LogP contribution in [0.25, 0.3) is 5.57 Å². The molecule has 0 saturated carbocycles. The molecular formula is C23H25N3O2. The van der Waals surface area contributed by atoms with Gasteiger partial charge in [0.15, 0.2) is 0 Å². The van der Waals surface area contributed by atoms with Gasteiger partial charge in [-0.25, -0.2) is 4.98 Å². The number of aromatic nitrogens is 1. The van der Waals surface area contributed by atoms with Gasteiger partial charge in [-0.05, 0) is 25.5 Å². The zero-order chi connectivity index (χ0) is 19.8. The highest BCUT2D eigenvalue weighted by Gasteiger charge is 2.17. The van der Waals surface area contributed by atoms with Crippen LogP contribution in [0.15, 0.2) is 78.8 Å². The lowest BCUT2D eigenvalue weighted by Crippen LogP contribution is -2.27. The Bertz CT molecular complexity index is 884. The van der Waals surface area contributed by atoms with Crippen molar-refractivity contribution in [3.63, 3.8) is 0 Å². The van der Waals surface area contributed by atoms with E-state index in [1.54, 1.807) is 12.4 Å². The zero-order valence-corrected chi connectivity index (χ0v) is 16.2. The highest BCUT2D eigenvalue weighted by Crippen LogP contribution is 2.24. The number of allylic oxidation sites excluding steroid dienone is 4. The Labute approximate surface area is 165 Å². The van der Waals surface area contributed by atoms with Gasteiger partial charge in [0, 0.05) is 42.1 Å². The third-order valence-electron chi connectivity index (χ3n) is 4.29. The van der Waals surface area contributed by atoms with Crippen LogP contribution in [0.1, 0.15) is 31.4 Å². The van der Waals surface area contributed by atoms with Crippen molar-refractivity contribution in [2.45, 2.75) is 32.9 Å². The summed E-state index contributed by atoms with van der Waals surface area (Å²) in [6.07, 6.45) is 9.88. The molecule has 1 aromatic heterocycles. The second-order valence-corrected chi connectivity index (χ2v) is 6.64. The molecule has 0 spiro atoms. The first-order chi connectivity index (χ1) is 13.7. The number of amides is 1. The normalized spacial score (nSPS) is 17.5. The lowest BCUT2D eigenvalue weighted by atomic mass is 10.0. The highest BCUT2D eigenvalue weighted by molar-refractivity contribution is 5.83. The number of benzene rings is 1. The van der Waals surface area contributed by atoms with Gasteiger partial charge in [-0.3, -0.25) is 4.79 Å². The van der Waals surface area contributed by atoms with Crippen molar-refractivity contribution in [3.8, 4) is 5.88 Å². The number of carbonyl (C=O) groups is 1. The lowest BCUT2D eigenvalue weighted by molar-refractivity contribution is -0.120. The molecule has 2 N–H and O–H groups in total. The van der Waals surface area contributed by atoms with Gasteiger partial charge in [0.05, 0.1) is 5.70 Å². The first-order valence-electron chi connectivity index (χ1n) is 9.38. The van der Waals surface area contributed by atoms with Crippen LogP contribution in [-0.4, -0.2) is 16.9 Å². The van der Waals surface area contributed by atoms with E-state index in [2.05, 4.69) is 15.6 Å². The quantitative estimate of drug-likeness (QED) is 0.750. The molecule has 0 unspecified atom stereocenters. The van der Waals surface area contributed by atoms with Crippen molar-refractivity contribution in [1.82, 2.24) is 15.6 Å². The summed E-state index contributed by atoms with van der Waals surface area (Å²) in [5.41, 5.74) is 3.84. The van der Waals surface area contributed by atoms with Crippen LogP contribution in [0.3, 0.4) is 0 Å². The maximum absolute atomic E-state index is 11.8. The van der Waals surface area contributed by atoms with Crippen LogP contribution in [0.4, 0.5) is 0 Å². The Kier molecular flexibility index (Phi) is 6.63. The minimum absolute atomic E-state index is 0.00293. The van der Waals surface area contributed by atoms with Gasteiger partial charge in [-0.15, -0.1) is 0 Å². The van der Waals surface area contributed by atoms with E-state index in [1.807, 2.05) is 74.5 Å². The zero-order valence-electron chi connectivity index (χ0n) is 16.2. The fraction of sp³-hybridized carbons (Fsp3) is 0.217. The van der Waals surface area contributed by atoms with Gasteiger partial charge < -0.3 is 15.4 Å². The van der Waals surface area contributed by atoms with Gasteiger partial charge in [-0.2, -0.15) is 0 Å². The van der Waals surface area contributed by atoms with Crippen LogP contribution < -0.4 is 15.4 Å². The van der Waals surface area contributed by atoms with Crippen LogP contribution in [0.2, 0.25) is 0 Å². The number of pyridine rings is 1. The smallest absolute Gasteiger partial charge is 0.226 e. The molecule has 0 bridgehead atoms. The Balaban J connectivity index is 1.78. The summed E-state index contributed by atoms with van der Waals surface area (Å²) >= 11 is 0. The van der Waals surface area contributed by atoms with E-state index in [-0.39, 0.29) is 11.9 Å². The Hall–Kier alpha value is -3.34. The predicted molar refractivity (Wildman–Crippen MR) is 111 cm³/mol. The number of hydrogen-bond acceptors (Lipinski definition) is 4. The molecule has 2 aromatic rings. The summed E-state index contributed by atoms with van der Waals surface area (Å²) in [4.78, 5) is 16.2. The van der Waals surface area contributed by atoms with E-state index < -0.39 is 0 Å². The molecule has 5 heteroatoms. The molecule has 5 nitrogen and oxygen atoms in total. The van der Waals surface area contributed by atoms with Crippen LogP contribution in [0, 0.1) is 0 Å². The summed E-state index contributed by atoms with van der Waals surface area (Å²) in [6, 6.07) is 13.9. The van der Waals surface area contributed by atoms with Crippen molar-refractivity contribution < 1.29 is 9.53 Å². The van der Waals surface area contributed by atoms with Gasteiger partial charge in [0.25, 0.3) is 0 Å². The Morgan fingerprint density at radius 2 is 2.07 bits per heavy atom. The molecule has 2 heterocycles. The monoisotopic (exact) mass is 375 g/mol. The standard InChI is InChI=1S/C23H25N3O2/c1-3-4-10-20(21-15-24-22(27)13-17(2)26-21)19-11-12-23(25-14-19)28-16-18-8-6-5-7-9-18/h3-12,14-15,17,26H,13,16H2,1-2H3,(H,24,27)/b4-3-,20-10-/t17-/m1/s1. The second kappa shape index (κ2) is 9.55. The molecule has 0 aliphatic carbocycles. The molecule has 1 aliphatic rings. The molecule has 3 rings (SSSR count). The molecule has 1 aliphatic heterocycles. The van der Waals surface area contributed by atoms with Crippen molar-refractivity contribution in [3.05, 3.63) is 89.9 Å². The second-order valence-electron chi connectivity index (χ2n) is 6.64. The number of ether oxygens (including phenoxy) is 1. The maximum atomic E-state index is 11.8. The first-order valence-corrected chi connectivity index (χ1v) is 9.38. The third-order valence-corrected chi connectivity index (χ3v) is 4.29. The topological polar surface area (TPSA) is 63.2 Å². The molecule has 1 atom stereocenters. The average molecular weight is 375 g/mol. The van der Waals surface area contributed by atoms with Gasteiger partial charge in [0.1, 0.15) is 6.61 Å². The lowest BCUT2D eigenvalue weighted by Gasteiger charge is -2.17.